The van der Waals surface area contributed by atoms with Gasteiger partial charge in [0.2, 0.25) is 10.0 Å². The van der Waals surface area contributed by atoms with E-state index in [0.29, 0.717) is 17.4 Å². The number of likely N-dealkylation sites (N-methyl/N-ethyl adjacent to an activating group) is 1. The molecule has 3 rings (SSSR count). The molecule has 0 aromatic heterocycles. The van der Waals surface area contributed by atoms with E-state index in [1.165, 1.54) is 0 Å². The van der Waals surface area contributed by atoms with Gasteiger partial charge in [-0.3, -0.25) is 0 Å². The summed E-state index contributed by atoms with van der Waals surface area (Å²) < 4.78 is 28.8. The van der Waals surface area contributed by atoms with Crippen molar-refractivity contribution in [2.75, 3.05) is 20.1 Å². The van der Waals surface area contributed by atoms with Crippen molar-refractivity contribution >= 4 is 10.0 Å². The molecule has 1 saturated heterocycles. The van der Waals surface area contributed by atoms with Gasteiger partial charge in [-0.1, -0.05) is 56.3 Å². The first-order valence-electron chi connectivity index (χ1n) is 9.72. The number of piperidine rings is 1. The van der Waals surface area contributed by atoms with Crippen molar-refractivity contribution < 1.29 is 8.42 Å². The van der Waals surface area contributed by atoms with Crippen LogP contribution in [-0.2, 0) is 16.6 Å². The molecule has 1 aliphatic rings. The lowest BCUT2D eigenvalue weighted by Crippen LogP contribution is -2.48. The number of hydrogen-bond acceptors (Lipinski definition) is 3. The maximum absolute atomic E-state index is 13.5. The zero-order valence-electron chi connectivity index (χ0n) is 16.5. The van der Waals surface area contributed by atoms with Crippen LogP contribution >= 0.6 is 0 Å². The summed E-state index contributed by atoms with van der Waals surface area (Å²) in [5, 5.41) is 0. The van der Waals surface area contributed by atoms with Gasteiger partial charge >= 0.3 is 0 Å². The van der Waals surface area contributed by atoms with Crippen LogP contribution in [0.3, 0.4) is 0 Å². The van der Waals surface area contributed by atoms with Crippen LogP contribution in [0, 0.1) is 0 Å². The molecular formula is C22H30N2O2S. The molecule has 2 aromatic rings. The Balaban J connectivity index is 1.94. The number of benzene rings is 2. The Morgan fingerprint density at radius 1 is 1.07 bits per heavy atom. The highest BCUT2D eigenvalue weighted by Crippen LogP contribution is 2.27. The molecule has 0 N–H and O–H groups in total. The molecule has 146 valence electrons. The maximum Gasteiger partial charge on any atom is 0.243 e. The molecule has 0 aliphatic carbocycles. The molecule has 0 amide bonds. The average Bonchev–Trinajstić information content (AvgIpc) is 2.67. The molecule has 0 saturated carbocycles. The van der Waals surface area contributed by atoms with Crippen LogP contribution in [0.2, 0.25) is 0 Å². The smallest absolute Gasteiger partial charge is 0.243 e. The first-order chi connectivity index (χ1) is 12.9. The van der Waals surface area contributed by atoms with E-state index in [1.807, 2.05) is 42.5 Å². The van der Waals surface area contributed by atoms with Crippen molar-refractivity contribution in [3.63, 3.8) is 0 Å². The SMILES string of the molecule is CC(C)c1ccc(S(=O)(=O)N(Cc2ccccc2)C2CCCN(C)C2)cc1. The van der Waals surface area contributed by atoms with E-state index >= 15 is 0 Å². The number of rotatable bonds is 6. The van der Waals surface area contributed by atoms with Crippen LogP contribution in [0.25, 0.3) is 0 Å². The predicted octanol–water partition coefficient (Wildman–Crippen LogP) is 4.10. The fraction of sp³-hybridized carbons (Fsp3) is 0.455. The number of hydrogen-bond donors (Lipinski definition) is 0. The van der Waals surface area contributed by atoms with Gasteiger partial charge in [0.05, 0.1) is 4.90 Å². The average molecular weight is 387 g/mol. The summed E-state index contributed by atoms with van der Waals surface area (Å²) in [6.07, 6.45) is 1.93. The predicted molar refractivity (Wildman–Crippen MR) is 110 cm³/mol. The normalized spacial score (nSPS) is 18.9. The Morgan fingerprint density at radius 3 is 2.33 bits per heavy atom. The third-order valence-corrected chi connectivity index (χ3v) is 7.25. The van der Waals surface area contributed by atoms with Crippen LogP contribution in [0.4, 0.5) is 0 Å². The van der Waals surface area contributed by atoms with Crippen LogP contribution in [0.15, 0.2) is 59.5 Å². The molecule has 1 fully saturated rings. The maximum atomic E-state index is 13.5. The van der Waals surface area contributed by atoms with E-state index in [1.54, 1.807) is 16.4 Å². The molecule has 1 heterocycles. The lowest BCUT2D eigenvalue weighted by Gasteiger charge is -2.37. The standard InChI is InChI=1S/C22H30N2O2S/c1-18(2)20-11-13-22(14-12-20)27(25,26)24(16-19-8-5-4-6-9-19)21-10-7-15-23(3)17-21/h4-6,8-9,11-14,18,21H,7,10,15-17H2,1-3H3. The molecule has 5 heteroatoms. The molecular weight excluding hydrogens is 356 g/mol. The summed E-state index contributed by atoms with van der Waals surface area (Å²) >= 11 is 0. The van der Waals surface area contributed by atoms with Crippen molar-refractivity contribution in [2.45, 2.75) is 50.1 Å². The molecule has 1 atom stereocenters. The van der Waals surface area contributed by atoms with Crippen LogP contribution in [0.5, 0.6) is 0 Å². The molecule has 0 bridgehead atoms. The Kier molecular flexibility index (Phi) is 6.35. The van der Waals surface area contributed by atoms with Crippen molar-refractivity contribution in [3.05, 3.63) is 65.7 Å². The van der Waals surface area contributed by atoms with Crippen LogP contribution in [0.1, 0.15) is 43.7 Å². The van der Waals surface area contributed by atoms with Crippen molar-refractivity contribution in [1.82, 2.24) is 9.21 Å². The summed E-state index contributed by atoms with van der Waals surface area (Å²) in [4.78, 5) is 2.61. The van der Waals surface area contributed by atoms with Gasteiger partial charge in [-0.2, -0.15) is 4.31 Å². The number of likely N-dealkylation sites (tertiary alicyclic amines) is 1. The minimum atomic E-state index is -3.56. The van der Waals surface area contributed by atoms with Crippen molar-refractivity contribution in [1.29, 1.82) is 0 Å². The third kappa shape index (κ3) is 4.78. The molecule has 2 aromatic carbocycles. The van der Waals surface area contributed by atoms with Crippen LogP contribution in [-0.4, -0.2) is 43.8 Å². The monoisotopic (exact) mass is 386 g/mol. The van der Waals surface area contributed by atoms with Crippen molar-refractivity contribution in [2.24, 2.45) is 0 Å². The molecule has 1 unspecified atom stereocenters. The minimum Gasteiger partial charge on any atom is -0.305 e. The van der Waals surface area contributed by atoms with Gasteiger partial charge in [0.25, 0.3) is 0 Å². The van der Waals surface area contributed by atoms with Gasteiger partial charge in [-0.25, -0.2) is 8.42 Å². The number of sulfonamides is 1. The van der Waals surface area contributed by atoms with Gasteiger partial charge in [0.15, 0.2) is 0 Å². The van der Waals surface area contributed by atoms with E-state index in [4.69, 9.17) is 0 Å². The molecule has 27 heavy (non-hydrogen) atoms. The van der Waals surface area contributed by atoms with Gasteiger partial charge < -0.3 is 4.90 Å². The second kappa shape index (κ2) is 8.55. The molecule has 0 radical (unpaired) electrons. The second-order valence-electron chi connectivity index (χ2n) is 7.82. The van der Waals surface area contributed by atoms with E-state index in [2.05, 4.69) is 25.8 Å². The third-order valence-electron chi connectivity index (χ3n) is 5.34. The van der Waals surface area contributed by atoms with Gasteiger partial charge in [-0.05, 0) is 55.6 Å². The Labute approximate surface area is 163 Å². The van der Waals surface area contributed by atoms with Gasteiger partial charge in [-0.15, -0.1) is 0 Å². The fourth-order valence-electron chi connectivity index (χ4n) is 3.71. The molecule has 1 aliphatic heterocycles. The zero-order valence-corrected chi connectivity index (χ0v) is 17.3. The Morgan fingerprint density at radius 2 is 1.74 bits per heavy atom. The Bertz CT molecular complexity index is 832. The highest BCUT2D eigenvalue weighted by atomic mass is 32.2. The summed E-state index contributed by atoms with van der Waals surface area (Å²) in [6, 6.07) is 17.3. The molecule has 4 nitrogen and oxygen atoms in total. The minimum absolute atomic E-state index is 0.00117. The zero-order chi connectivity index (χ0) is 19.4. The lowest BCUT2D eigenvalue weighted by atomic mass is 10.0. The fourth-order valence-corrected chi connectivity index (χ4v) is 5.34. The number of nitrogens with zero attached hydrogens (tertiary/aromatic N) is 2. The second-order valence-corrected chi connectivity index (χ2v) is 9.71. The highest BCUT2D eigenvalue weighted by molar-refractivity contribution is 7.89. The summed E-state index contributed by atoms with van der Waals surface area (Å²) in [5.74, 6) is 0.383. The lowest BCUT2D eigenvalue weighted by molar-refractivity contribution is 0.169. The summed E-state index contributed by atoms with van der Waals surface area (Å²) in [7, 11) is -1.49. The highest BCUT2D eigenvalue weighted by Gasteiger charge is 2.33. The van der Waals surface area contributed by atoms with Gasteiger partial charge in [0, 0.05) is 19.1 Å². The van der Waals surface area contributed by atoms with E-state index in [9.17, 15) is 8.42 Å². The van der Waals surface area contributed by atoms with E-state index in [0.717, 1.165) is 37.1 Å². The topological polar surface area (TPSA) is 40.6 Å². The largest absolute Gasteiger partial charge is 0.305 e. The van der Waals surface area contributed by atoms with Crippen LogP contribution < -0.4 is 0 Å². The summed E-state index contributed by atoms with van der Waals surface area (Å²) in [5.41, 5.74) is 2.18. The van der Waals surface area contributed by atoms with Gasteiger partial charge in [0.1, 0.15) is 0 Å². The summed E-state index contributed by atoms with van der Waals surface area (Å²) in [6.45, 7) is 6.44. The first-order valence-corrected chi connectivity index (χ1v) is 11.2. The quantitative estimate of drug-likeness (QED) is 0.751. The Hall–Kier alpha value is -1.69. The van der Waals surface area contributed by atoms with E-state index in [-0.39, 0.29) is 6.04 Å². The molecule has 0 spiro atoms. The van der Waals surface area contributed by atoms with E-state index < -0.39 is 10.0 Å². The first kappa shape index (κ1) is 20.1. The van der Waals surface area contributed by atoms with Crippen molar-refractivity contribution in [3.8, 4) is 0 Å².